The zero-order chi connectivity index (χ0) is 26.7. The van der Waals surface area contributed by atoms with E-state index in [4.69, 9.17) is 0 Å². The summed E-state index contributed by atoms with van der Waals surface area (Å²) < 4.78 is 0. The van der Waals surface area contributed by atoms with Crippen LogP contribution in [-0.4, -0.2) is 6.54 Å². The van der Waals surface area contributed by atoms with Gasteiger partial charge < -0.3 is 10.6 Å². The lowest BCUT2D eigenvalue weighted by Crippen LogP contribution is -2.21. The molecule has 3 heteroatoms. The summed E-state index contributed by atoms with van der Waals surface area (Å²) in [5.41, 5.74) is 10.9. The Bertz CT molecular complexity index is 1150. The van der Waals surface area contributed by atoms with Crippen LogP contribution < -0.4 is 10.6 Å². The van der Waals surface area contributed by atoms with Crippen LogP contribution in [0.25, 0.3) is 0 Å². The lowest BCUT2D eigenvalue weighted by molar-refractivity contribution is 0.587. The minimum absolute atomic E-state index is 0.331. The third-order valence-corrected chi connectivity index (χ3v) is 6.76. The van der Waals surface area contributed by atoms with Crippen molar-refractivity contribution in [2.75, 3.05) is 6.54 Å². The Kier molecular flexibility index (Phi) is 11.3. The Morgan fingerprint density at radius 1 is 1.25 bits per heavy atom. The Morgan fingerprint density at radius 2 is 2.00 bits per heavy atom. The first-order valence-corrected chi connectivity index (χ1v) is 12.9. The molecular weight excluding hydrogens is 438 g/mol. The highest BCUT2D eigenvalue weighted by atomic mass is 14.9. The third-order valence-electron chi connectivity index (χ3n) is 6.76. The van der Waals surface area contributed by atoms with E-state index in [9.17, 15) is 5.26 Å². The maximum Gasteiger partial charge on any atom is 0.0994 e. The largest absolute Gasteiger partial charge is 0.385 e. The average molecular weight is 482 g/mol. The zero-order valence-electron chi connectivity index (χ0n) is 22.9. The van der Waals surface area contributed by atoms with Crippen LogP contribution in [-0.2, 0) is 0 Å². The molecule has 36 heavy (non-hydrogen) atoms. The Balaban J connectivity index is 2.36. The molecule has 190 valence electrons. The van der Waals surface area contributed by atoms with Gasteiger partial charge >= 0.3 is 0 Å². The Labute approximate surface area is 219 Å². The van der Waals surface area contributed by atoms with Crippen LogP contribution in [0.2, 0.25) is 0 Å². The van der Waals surface area contributed by atoms with Gasteiger partial charge in [-0.15, -0.1) is 6.58 Å². The van der Waals surface area contributed by atoms with E-state index in [2.05, 4.69) is 88.4 Å². The molecule has 0 aliphatic carbocycles. The van der Waals surface area contributed by atoms with E-state index in [1.54, 1.807) is 0 Å². The van der Waals surface area contributed by atoms with Gasteiger partial charge in [-0.05, 0) is 75.8 Å². The number of benzene rings is 1. The van der Waals surface area contributed by atoms with E-state index in [1.807, 2.05) is 25.1 Å². The van der Waals surface area contributed by atoms with Crippen molar-refractivity contribution in [2.24, 2.45) is 0 Å². The SMILES string of the molecule is C=CC/C(NC(=C)C1=C(C)/C=C(\C)CCC(c2ccc(C#N)c(C)c2)CNC(=C)C=C1)=C(/C)CCC. The summed E-state index contributed by atoms with van der Waals surface area (Å²) in [6.45, 7) is 24.1. The predicted octanol–water partition coefficient (Wildman–Crippen LogP) is 8.42. The molecule has 2 rings (SSSR count). The van der Waals surface area contributed by atoms with Gasteiger partial charge in [0.05, 0.1) is 11.6 Å². The normalized spacial score (nSPS) is 19.1. The summed E-state index contributed by atoms with van der Waals surface area (Å²) >= 11 is 0. The molecule has 1 aliphatic rings. The maximum absolute atomic E-state index is 9.30. The molecule has 0 fully saturated rings. The number of hydrogen-bond acceptors (Lipinski definition) is 3. The summed E-state index contributed by atoms with van der Waals surface area (Å²) in [5.74, 6) is 0.331. The number of nitrogens with zero attached hydrogens (tertiary/aromatic N) is 1. The quantitative estimate of drug-likeness (QED) is 0.366. The molecule has 0 amide bonds. The van der Waals surface area contributed by atoms with Crippen molar-refractivity contribution in [3.05, 3.63) is 118 Å². The van der Waals surface area contributed by atoms with E-state index in [0.29, 0.717) is 5.92 Å². The van der Waals surface area contributed by atoms with Crippen molar-refractivity contribution in [1.82, 2.24) is 10.6 Å². The monoisotopic (exact) mass is 481 g/mol. The van der Waals surface area contributed by atoms with Gasteiger partial charge in [0, 0.05) is 41.5 Å². The minimum atomic E-state index is 0.331. The smallest absolute Gasteiger partial charge is 0.0994 e. The molecule has 0 bridgehead atoms. The van der Waals surface area contributed by atoms with Crippen LogP contribution in [0.3, 0.4) is 0 Å². The molecule has 1 unspecified atom stereocenters. The maximum atomic E-state index is 9.30. The summed E-state index contributed by atoms with van der Waals surface area (Å²) in [6.07, 6.45) is 13.3. The summed E-state index contributed by atoms with van der Waals surface area (Å²) in [5, 5.41) is 16.4. The van der Waals surface area contributed by atoms with E-state index in [-0.39, 0.29) is 0 Å². The molecule has 1 aliphatic heterocycles. The van der Waals surface area contributed by atoms with Gasteiger partial charge in [0.1, 0.15) is 0 Å². The van der Waals surface area contributed by atoms with Gasteiger partial charge in [-0.2, -0.15) is 5.26 Å². The van der Waals surface area contributed by atoms with Gasteiger partial charge in [-0.1, -0.05) is 68.0 Å². The number of aryl methyl sites for hydroxylation is 1. The fraction of sp³-hybridized carbons (Fsp3) is 0.364. The third kappa shape index (κ3) is 8.31. The van der Waals surface area contributed by atoms with Crippen molar-refractivity contribution < 1.29 is 0 Å². The fourth-order valence-corrected chi connectivity index (χ4v) is 4.59. The molecule has 2 N–H and O–H groups in total. The molecule has 1 aromatic rings. The van der Waals surface area contributed by atoms with Crippen molar-refractivity contribution in [2.45, 2.75) is 72.6 Å². The van der Waals surface area contributed by atoms with Crippen LogP contribution in [0, 0.1) is 18.3 Å². The molecule has 0 radical (unpaired) electrons. The summed E-state index contributed by atoms with van der Waals surface area (Å²) in [6, 6.07) is 8.46. The van der Waals surface area contributed by atoms with Crippen molar-refractivity contribution in [1.29, 1.82) is 5.26 Å². The first-order valence-electron chi connectivity index (χ1n) is 12.9. The molecule has 1 aromatic carbocycles. The van der Waals surface area contributed by atoms with Gasteiger partial charge in [-0.25, -0.2) is 0 Å². The molecule has 0 saturated heterocycles. The lowest BCUT2D eigenvalue weighted by atomic mass is 9.89. The van der Waals surface area contributed by atoms with E-state index in [0.717, 1.165) is 66.7 Å². The number of nitrogens with one attached hydrogen (secondary N) is 2. The predicted molar refractivity (Wildman–Crippen MR) is 155 cm³/mol. The van der Waals surface area contributed by atoms with Crippen molar-refractivity contribution >= 4 is 0 Å². The molecule has 0 aromatic heterocycles. The molecule has 0 saturated carbocycles. The second-order valence-corrected chi connectivity index (χ2v) is 9.85. The number of rotatable bonds is 8. The molecule has 0 spiro atoms. The summed E-state index contributed by atoms with van der Waals surface area (Å²) in [4.78, 5) is 0. The van der Waals surface area contributed by atoms with Gasteiger partial charge in [0.15, 0.2) is 0 Å². The van der Waals surface area contributed by atoms with Crippen LogP contribution in [0.5, 0.6) is 0 Å². The first kappa shape index (κ1) is 28.7. The van der Waals surface area contributed by atoms with Gasteiger partial charge in [0.25, 0.3) is 0 Å². The second kappa shape index (κ2) is 14.1. The fourth-order valence-electron chi connectivity index (χ4n) is 4.59. The number of nitriles is 1. The highest BCUT2D eigenvalue weighted by Crippen LogP contribution is 2.27. The van der Waals surface area contributed by atoms with E-state index < -0.39 is 0 Å². The highest BCUT2D eigenvalue weighted by Gasteiger charge is 2.15. The topological polar surface area (TPSA) is 47.9 Å². The van der Waals surface area contributed by atoms with Gasteiger partial charge in [-0.3, -0.25) is 0 Å². The molecule has 1 atom stereocenters. The first-order chi connectivity index (χ1) is 17.2. The highest BCUT2D eigenvalue weighted by molar-refractivity contribution is 5.48. The van der Waals surface area contributed by atoms with E-state index in [1.165, 1.54) is 28.0 Å². The van der Waals surface area contributed by atoms with Gasteiger partial charge in [0.2, 0.25) is 0 Å². The lowest BCUT2D eigenvalue weighted by Gasteiger charge is -2.21. The number of allylic oxidation sites excluding steroid dienone is 7. The van der Waals surface area contributed by atoms with Crippen molar-refractivity contribution in [3.63, 3.8) is 0 Å². The zero-order valence-corrected chi connectivity index (χ0v) is 22.9. The van der Waals surface area contributed by atoms with Crippen LogP contribution in [0.4, 0.5) is 0 Å². The minimum Gasteiger partial charge on any atom is -0.385 e. The summed E-state index contributed by atoms with van der Waals surface area (Å²) in [7, 11) is 0. The average Bonchev–Trinajstić information content (AvgIpc) is 2.83. The van der Waals surface area contributed by atoms with Crippen molar-refractivity contribution in [3.8, 4) is 6.07 Å². The molecule has 1 heterocycles. The molecule has 3 nitrogen and oxygen atoms in total. The second-order valence-electron chi connectivity index (χ2n) is 9.85. The molecular formula is C33H43N3. The van der Waals surface area contributed by atoms with E-state index >= 15 is 0 Å². The van der Waals surface area contributed by atoms with Crippen LogP contribution in [0.1, 0.15) is 82.4 Å². The number of hydrogen-bond donors (Lipinski definition) is 2. The standard InChI is InChI=1S/C33H43N3/c1-9-11-24(4)33(12-10-2)36-28(8)32-18-14-27(7)35-22-31(15-13-23(3)19-26(32)6)29-16-17-30(21-34)25(5)20-29/h10,14,16-20,31,35-36H,2,7-9,11-13,15,22H2,1,3-6H3/b18-14?,23-19+,32-26?,33-24+. The van der Waals surface area contributed by atoms with Crippen LogP contribution in [0.15, 0.2) is 102 Å². The Hall–Kier alpha value is -3.51. The Morgan fingerprint density at radius 3 is 2.64 bits per heavy atom. The van der Waals surface area contributed by atoms with Crippen LogP contribution >= 0.6 is 0 Å².